The molecule has 0 spiro atoms. The van der Waals surface area contributed by atoms with Crippen LogP contribution in [0.25, 0.3) is 0 Å². The summed E-state index contributed by atoms with van der Waals surface area (Å²) in [4.78, 5) is 34.7. The molecule has 0 radical (unpaired) electrons. The van der Waals surface area contributed by atoms with Gasteiger partial charge in [0.1, 0.15) is 12.7 Å². The Kier molecular flexibility index (Phi) is 29.4. The van der Waals surface area contributed by atoms with Gasteiger partial charge in [0, 0.05) is 12.8 Å². The first-order valence-electron chi connectivity index (χ1n) is 18.2. The van der Waals surface area contributed by atoms with E-state index in [0.29, 0.717) is 12.8 Å². The van der Waals surface area contributed by atoms with Gasteiger partial charge in [0.2, 0.25) is 0 Å². The Morgan fingerprint density at radius 3 is 1.61 bits per heavy atom. The Morgan fingerprint density at radius 2 is 1.11 bits per heavy atom. The first-order valence-corrected chi connectivity index (χ1v) is 19.7. The lowest BCUT2D eigenvalue weighted by Gasteiger charge is -2.20. The van der Waals surface area contributed by atoms with Crippen LogP contribution in [0.5, 0.6) is 0 Å². The van der Waals surface area contributed by atoms with Gasteiger partial charge in [-0.1, -0.05) is 137 Å². The van der Waals surface area contributed by atoms with Gasteiger partial charge >= 0.3 is 19.8 Å². The molecule has 0 aliphatic heterocycles. The van der Waals surface area contributed by atoms with Crippen molar-refractivity contribution in [3.8, 4) is 0 Å². The smallest absolute Gasteiger partial charge is 0.462 e. The van der Waals surface area contributed by atoms with Crippen LogP contribution in [-0.2, 0) is 32.7 Å². The average molecular weight is 681 g/mol. The van der Waals surface area contributed by atoms with Crippen LogP contribution in [0.2, 0.25) is 0 Å². The fourth-order valence-electron chi connectivity index (χ4n) is 4.98. The van der Waals surface area contributed by atoms with Crippen molar-refractivity contribution < 1.29 is 47.8 Å². The Bertz CT molecular complexity index is 778. The van der Waals surface area contributed by atoms with Crippen LogP contribution in [-0.4, -0.2) is 65.7 Å². The maximum absolute atomic E-state index is 12.5. The van der Waals surface area contributed by atoms with E-state index in [-0.39, 0.29) is 19.4 Å². The van der Waals surface area contributed by atoms with Gasteiger partial charge in [0.15, 0.2) is 6.10 Å². The Balaban J connectivity index is 4.41. The number of ether oxygens (including phenoxy) is 2. The monoisotopic (exact) mass is 680 g/mol. The molecule has 0 aromatic carbocycles. The van der Waals surface area contributed by atoms with E-state index in [1.807, 2.05) is 0 Å². The van der Waals surface area contributed by atoms with Gasteiger partial charge < -0.3 is 24.6 Å². The molecule has 0 aliphatic carbocycles. The highest BCUT2D eigenvalue weighted by molar-refractivity contribution is 7.47. The molecule has 0 aromatic heterocycles. The number of unbranched alkanes of at least 4 members (excludes halogenated alkanes) is 14. The van der Waals surface area contributed by atoms with Gasteiger partial charge in [0.25, 0.3) is 0 Å². The molecule has 0 aromatic rings. The van der Waals surface area contributed by atoms with E-state index in [0.717, 1.165) is 50.4 Å². The predicted octanol–water partition coefficient (Wildman–Crippen LogP) is 8.43. The lowest BCUT2D eigenvalue weighted by molar-refractivity contribution is -0.161. The molecule has 46 heavy (non-hydrogen) atoms. The van der Waals surface area contributed by atoms with Gasteiger partial charge in [0.05, 0.1) is 19.8 Å². The van der Waals surface area contributed by atoms with E-state index in [9.17, 15) is 24.2 Å². The minimum Gasteiger partial charge on any atom is -0.462 e. The first-order chi connectivity index (χ1) is 22.0. The van der Waals surface area contributed by atoms with Crippen molar-refractivity contribution in [2.75, 3.05) is 26.4 Å². The summed E-state index contributed by atoms with van der Waals surface area (Å²) in [5.41, 5.74) is 0. The molecule has 0 heterocycles. The third-order valence-corrected chi connectivity index (χ3v) is 9.18. The molecule has 4 atom stereocenters. The normalized spacial score (nSPS) is 15.0. The maximum Gasteiger partial charge on any atom is 0.472 e. The summed E-state index contributed by atoms with van der Waals surface area (Å²) in [6, 6.07) is 0. The largest absolute Gasteiger partial charge is 0.472 e. The van der Waals surface area contributed by atoms with E-state index in [1.54, 1.807) is 0 Å². The number of rotatable bonds is 33. The number of carbonyl (C=O) groups excluding carboxylic acids is 2. The summed E-state index contributed by atoms with van der Waals surface area (Å²) in [7, 11) is -4.60. The van der Waals surface area contributed by atoms with E-state index in [4.69, 9.17) is 19.1 Å². The summed E-state index contributed by atoms with van der Waals surface area (Å²) >= 11 is 0. The summed E-state index contributed by atoms with van der Waals surface area (Å²) < 4.78 is 32.5. The average Bonchev–Trinajstić information content (AvgIpc) is 3.02. The van der Waals surface area contributed by atoms with Gasteiger partial charge in [-0.25, -0.2) is 4.57 Å². The number of aliphatic hydroxyl groups is 2. The quantitative estimate of drug-likeness (QED) is 0.0350. The number of hydrogen-bond donors (Lipinski definition) is 3. The molecule has 11 heteroatoms. The van der Waals surface area contributed by atoms with Crippen LogP contribution in [0, 0.1) is 11.8 Å². The van der Waals surface area contributed by atoms with Crippen LogP contribution in [0.1, 0.15) is 163 Å². The molecule has 10 nitrogen and oxygen atoms in total. The van der Waals surface area contributed by atoms with E-state index in [1.165, 1.54) is 70.6 Å². The lowest BCUT2D eigenvalue weighted by Crippen LogP contribution is -2.29. The Labute approximate surface area is 280 Å². The lowest BCUT2D eigenvalue weighted by atomic mass is 9.99. The molecule has 0 rings (SSSR count). The second kappa shape index (κ2) is 30.1. The highest BCUT2D eigenvalue weighted by Crippen LogP contribution is 2.43. The van der Waals surface area contributed by atoms with Crippen LogP contribution < -0.4 is 0 Å². The fraction of sp³-hybridized carbons (Fsp3) is 0.943. The summed E-state index contributed by atoms with van der Waals surface area (Å²) in [5, 5.41) is 18.2. The minimum absolute atomic E-state index is 0.188. The standard InChI is InChI=1S/C35H69O10P/c1-5-31(4)23-19-15-11-7-9-13-17-21-25-35(39)45-33(29-44-46(40,41)43-27-32(37)26-36)28-42-34(38)24-20-16-12-8-6-10-14-18-22-30(2)3/h30-33,36-37H,5-29H2,1-4H3,(H,40,41)/t31?,32-,33+/m0/s1. The summed E-state index contributed by atoms with van der Waals surface area (Å²) in [6.07, 6.45) is 19.5. The molecule has 2 unspecified atom stereocenters. The first kappa shape index (κ1) is 45.0. The van der Waals surface area contributed by atoms with Crippen molar-refractivity contribution in [3.05, 3.63) is 0 Å². The van der Waals surface area contributed by atoms with E-state index < -0.39 is 51.8 Å². The van der Waals surface area contributed by atoms with Gasteiger partial charge in [-0.2, -0.15) is 0 Å². The number of phosphoric acid groups is 1. The topological polar surface area (TPSA) is 149 Å². The molecule has 0 aliphatic rings. The maximum atomic E-state index is 12.5. The van der Waals surface area contributed by atoms with Crippen LogP contribution in [0.3, 0.4) is 0 Å². The minimum atomic E-state index is -4.60. The van der Waals surface area contributed by atoms with Crippen molar-refractivity contribution in [3.63, 3.8) is 0 Å². The van der Waals surface area contributed by atoms with Gasteiger partial charge in [-0.05, 0) is 24.7 Å². The zero-order valence-electron chi connectivity index (χ0n) is 29.6. The second-order valence-electron chi connectivity index (χ2n) is 13.3. The number of hydrogen-bond acceptors (Lipinski definition) is 9. The van der Waals surface area contributed by atoms with E-state index >= 15 is 0 Å². The molecular weight excluding hydrogens is 611 g/mol. The zero-order valence-corrected chi connectivity index (χ0v) is 30.5. The molecule has 0 amide bonds. The molecule has 3 N–H and O–H groups in total. The van der Waals surface area contributed by atoms with Crippen molar-refractivity contribution in [2.45, 2.75) is 175 Å². The number of aliphatic hydroxyl groups excluding tert-OH is 2. The van der Waals surface area contributed by atoms with Crippen LogP contribution in [0.4, 0.5) is 0 Å². The molecular formula is C35H69O10P. The molecule has 0 bridgehead atoms. The fourth-order valence-corrected chi connectivity index (χ4v) is 5.77. The van der Waals surface area contributed by atoms with Crippen molar-refractivity contribution in [1.29, 1.82) is 0 Å². The number of phosphoric ester groups is 1. The highest BCUT2D eigenvalue weighted by Gasteiger charge is 2.27. The van der Waals surface area contributed by atoms with Gasteiger partial charge in [-0.15, -0.1) is 0 Å². The number of carbonyl (C=O) groups is 2. The van der Waals surface area contributed by atoms with E-state index in [2.05, 4.69) is 32.2 Å². The SMILES string of the molecule is CCC(C)CCCCCCCCCCC(=O)O[C@H](COC(=O)CCCCCCCCCCC(C)C)COP(=O)(O)OC[C@@H](O)CO. The molecule has 0 saturated carbocycles. The molecule has 0 fully saturated rings. The third-order valence-electron chi connectivity index (χ3n) is 8.23. The number of esters is 2. The zero-order chi connectivity index (χ0) is 34.5. The third kappa shape index (κ3) is 30.3. The van der Waals surface area contributed by atoms with Crippen LogP contribution >= 0.6 is 7.82 Å². The Hall–Kier alpha value is -1.03. The Morgan fingerprint density at radius 1 is 0.652 bits per heavy atom. The summed E-state index contributed by atoms with van der Waals surface area (Å²) in [6.45, 7) is 6.95. The van der Waals surface area contributed by atoms with Crippen molar-refractivity contribution in [1.82, 2.24) is 0 Å². The van der Waals surface area contributed by atoms with Crippen molar-refractivity contribution in [2.24, 2.45) is 11.8 Å². The highest BCUT2D eigenvalue weighted by atomic mass is 31.2. The summed E-state index contributed by atoms with van der Waals surface area (Å²) in [5.74, 6) is 0.650. The molecule has 0 saturated heterocycles. The van der Waals surface area contributed by atoms with Gasteiger partial charge in [-0.3, -0.25) is 18.6 Å². The molecule has 274 valence electrons. The van der Waals surface area contributed by atoms with Crippen molar-refractivity contribution >= 4 is 19.8 Å². The predicted molar refractivity (Wildman–Crippen MR) is 182 cm³/mol. The van der Waals surface area contributed by atoms with Crippen LogP contribution in [0.15, 0.2) is 0 Å². The second-order valence-corrected chi connectivity index (χ2v) is 14.8.